The summed E-state index contributed by atoms with van der Waals surface area (Å²) >= 11 is 0. The molecule has 0 fully saturated rings. The van der Waals surface area contributed by atoms with E-state index in [-0.39, 0.29) is 6.29 Å². The van der Waals surface area contributed by atoms with Crippen LogP contribution in [0.5, 0.6) is 0 Å². The fourth-order valence-electron chi connectivity index (χ4n) is 0.856. The van der Waals surface area contributed by atoms with E-state index in [4.69, 9.17) is 0 Å². The molecule has 0 radical (unpaired) electrons. The van der Waals surface area contributed by atoms with Crippen molar-refractivity contribution in [1.82, 2.24) is 0 Å². The Bertz CT molecular complexity index is 454. The molecule has 0 aliphatic heterocycles. The molecule has 0 N–H and O–H groups in total. The number of hydrogen-bond acceptors (Lipinski definition) is 3. The van der Waals surface area contributed by atoms with Gasteiger partial charge in [-0.15, -0.1) is 0 Å². The van der Waals surface area contributed by atoms with Gasteiger partial charge in [0, 0.05) is 0 Å². The summed E-state index contributed by atoms with van der Waals surface area (Å²) in [5.41, 5.74) is 0. The molecule has 1 rings (SSSR count). The molecule has 0 heterocycles. The maximum absolute atomic E-state index is 12.6. The number of hydrogen-bond donors (Lipinski definition) is 0. The molecule has 0 unspecified atom stereocenters. The van der Waals surface area contributed by atoms with E-state index in [2.05, 4.69) is 0 Å². The van der Waals surface area contributed by atoms with E-state index in [9.17, 15) is 22.0 Å². The third-order valence-corrected chi connectivity index (χ3v) is 3.08. The van der Waals surface area contributed by atoms with E-state index in [1.165, 1.54) is 0 Å². The lowest BCUT2D eigenvalue weighted by molar-refractivity contribution is -0.105. The monoisotopic (exact) mass is 220 g/mol. The second-order valence-corrected chi connectivity index (χ2v) is 4.56. The van der Waals surface area contributed by atoms with Crippen molar-refractivity contribution in [3.8, 4) is 0 Å². The van der Waals surface area contributed by atoms with Gasteiger partial charge in [0.2, 0.25) is 0 Å². The smallest absolute Gasteiger partial charge is 0.185 e. The summed E-state index contributed by atoms with van der Waals surface area (Å²) in [6.07, 6.45) is 0.191. The van der Waals surface area contributed by atoms with Gasteiger partial charge in [0.1, 0.15) is 12.0 Å². The zero-order chi connectivity index (χ0) is 10.8. The minimum atomic E-state index is -3.82. The van der Waals surface area contributed by atoms with Crippen LogP contribution in [0, 0.1) is 11.6 Å². The molecule has 6 heteroatoms. The van der Waals surface area contributed by atoms with Crippen LogP contribution < -0.4 is 0 Å². The van der Waals surface area contributed by atoms with Gasteiger partial charge in [-0.2, -0.15) is 0 Å². The van der Waals surface area contributed by atoms with Gasteiger partial charge in [-0.1, -0.05) is 0 Å². The molecule has 0 aromatic heterocycles. The Labute approximate surface area is 79.3 Å². The number of aldehydes is 1. The molecule has 0 amide bonds. The molecule has 1 aromatic rings. The molecule has 14 heavy (non-hydrogen) atoms. The number of halogens is 2. The molecule has 0 aliphatic carbocycles. The molecule has 76 valence electrons. The summed E-state index contributed by atoms with van der Waals surface area (Å²) in [5, 5.41) is 0. The van der Waals surface area contributed by atoms with E-state index < -0.39 is 32.1 Å². The van der Waals surface area contributed by atoms with Gasteiger partial charge in [0.15, 0.2) is 21.5 Å². The van der Waals surface area contributed by atoms with Crippen LogP contribution in [0.3, 0.4) is 0 Å². The largest absolute Gasteiger partial charge is 0.302 e. The van der Waals surface area contributed by atoms with E-state index >= 15 is 0 Å². The van der Waals surface area contributed by atoms with Crippen molar-refractivity contribution in [3.63, 3.8) is 0 Å². The molecule has 0 bridgehead atoms. The predicted octanol–water partition coefficient (Wildman–Crippen LogP) is 0.937. The zero-order valence-corrected chi connectivity index (χ0v) is 7.72. The van der Waals surface area contributed by atoms with E-state index in [0.29, 0.717) is 12.1 Å². The molecular weight excluding hydrogens is 214 g/mol. The SMILES string of the molecule is O=CCS(=O)(=O)c1ccc(F)c(F)c1. The highest BCUT2D eigenvalue weighted by Crippen LogP contribution is 2.14. The van der Waals surface area contributed by atoms with Crippen molar-refractivity contribution in [2.75, 3.05) is 5.75 Å². The highest BCUT2D eigenvalue weighted by Gasteiger charge is 2.15. The van der Waals surface area contributed by atoms with Gasteiger partial charge in [0.25, 0.3) is 0 Å². The minimum absolute atomic E-state index is 0.191. The maximum atomic E-state index is 12.6. The number of benzene rings is 1. The quantitative estimate of drug-likeness (QED) is 0.562. The van der Waals surface area contributed by atoms with Gasteiger partial charge in [0.05, 0.1) is 4.90 Å². The lowest BCUT2D eigenvalue weighted by Crippen LogP contribution is -2.08. The molecule has 0 saturated heterocycles. The van der Waals surface area contributed by atoms with Crippen LogP contribution >= 0.6 is 0 Å². The first-order valence-electron chi connectivity index (χ1n) is 3.59. The first kappa shape index (κ1) is 10.8. The molecular formula is C8H6F2O3S. The van der Waals surface area contributed by atoms with E-state index in [1.807, 2.05) is 0 Å². The van der Waals surface area contributed by atoms with Crippen LogP contribution in [0.2, 0.25) is 0 Å². The van der Waals surface area contributed by atoms with Crippen molar-refractivity contribution in [2.45, 2.75) is 4.90 Å². The van der Waals surface area contributed by atoms with Crippen LogP contribution in [0.1, 0.15) is 0 Å². The molecule has 0 saturated carbocycles. The van der Waals surface area contributed by atoms with Gasteiger partial charge >= 0.3 is 0 Å². The average molecular weight is 220 g/mol. The Morgan fingerprint density at radius 2 is 1.86 bits per heavy atom. The Balaban J connectivity index is 3.21. The highest BCUT2D eigenvalue weighted by molar-refractivity contribution is 7.92. The summed E-state index contributed by atoms with van der Waals surface area (Å²) in [7, 11) is -3.82. The third-order valence-electron chi connectivity index (χ3n) is 1.54. The first-order chi connectivity index (χ1) is 6.47. The molecule has 0 atom stereocenters. The van der Waals surface area contributed by atoms with E-state index in [0.717, 1.165) is 6.07 Å². The highest BCUT2D eigenvalue weighted by atomic mass is 32.2. The van der Waals surface area contributed by atoms with Gasteiger partial charge in [-0.25, -0.2) is 17.2 Å². The molecule has 3 nitrogen and oxygen atoms in total. The summed E-state index contributed by atoms with van der Waals surface area (Å²) < 4.78 is 47.4. The Kier molecular flexibility index (Phi) is 2.95. The lowest BCUT2D eigenvalue weighted by Gasteiger charge is -2.00. The average Bonchev–Trinajstić information content (AvgIpc) is 2.09. The van der Waals surface area contributed by atoms with Crippen LogP contribution in [0.15, 0.2) is 23.1 Å². The number of rotatable bonds is 3. The van der Waals surface area contributed by atoms with Crippen LogP contribution in [0.4, 0.5) is 8.78 Å². The van der Waals surface area contributed by atoms with Crippen LogP contribution in [-0.2, 0) is 14.6 Å². The molecule has 0 aliphatic rings. The summed E-state index contributed by atoms with van der Waals surface area (Å²) in [4.78, 5) is 9.60. The number of carbonyl (C=O) groups excluding carboxylic acids is 1. The first-order valence-corrected chi connectivity index (χ1v) is 5.24. The second kappa shape index (κ2) is 3.83. The van der Waals surface area contributed by atoms with Crippen molar-refractivity contribution in [1.29, 1.82) is 0 Å². The van der Waals surface area contributed by atoms with Crippen molar-refractivity contribution in [3.05, 3.63) is 29.8 Å². The van der Waals surface area contributed by atoms with E-state index in [1.54, 1.807) is 0 Å². The van der Waals surface area contributed by atoms with Crippen molar-refractivity contribution in [2.24, 2.45) is 0 Å². The fraction of sp³-hybridized carbons (Fsp3) is 0.125. The van der Waals surface area contributed by atoms with Gasteiger partial charge in [-0.3, -0.25) is 0 Å². The summed E-state index contributed by atoms with van der Waals surface area (Å²) in [6, 6.07) is 2.17. The number of sulfone groups is 1. The number of carbonyl (C=O) groups is 1. The molecule has 0 spiro atoms. The van der Waals surface area contributed by atoms with Gasteiger partial charge in [-0.05, 0) is 18.2 Å². The zero-order valence-electron chi connectivity index (χ0n) is 6.91. The standard InChI is InChI=1S/C8H6F2O3S/c9-7-2-1-6(5-8(7)10)14(12,13)4-3-11/h1-3,5H,4H2. The third kappa shape index (κ3) is 2.14. The normalized spacial score (nSPS) is 11.3. The van der Waals surface area contributed by atoms with Gasteiger partial charge < -0.3 is 4.79 Å². The van der Waals surface area contributed by atoms with Crippen molar-refractivity contribution >= 4 is 16.1 Å². The van der Waals surface area contributed by atoms with Crippen molar-refractivity contribution < 1.29 is 22.0 Å². The topological polar surface area (TPSA) is 51.2 Å². The Morgan fingerprint density at radius 3 is 2.36 bits per heavy atom. The maximum Gasteiger partial charge on any atom is 0.185 e. The fourth-order valence-corrected chi connectivity index (χ4v) is 1.79. The Hall–Kier alpha value is -1.30. The summed E-state index contributed by atoms with van der Waals surface area (Å²) in [6.45, 7) is 0. The van der Waals surface area contributed by atoms with Crippen LogP contribution in [0.25, 0.3) is 0 Å². The predicted molar refractivity (Wildman–Crippen MR) is 44.5 cm³/mol. The lowest BCUT2D eigenvalue weighted by atomic mass is 10.3. The molecule has 1 aromatic carbocycles. The van der Waals surface area contributed by atoms with Crippen LogP contribution in [-0.4, -0.2) is 20.5 Å². The Morgan fingerprint density at radius 1 is 1.21 bits per heavy atom. The minimum Gasteiger partial charge on any atom is -0.302 e. The second-order valence-electron chi connectivity index (χ2n) is 2.52. The summed E-state index contributed by atoms with van der Waals surface area (Å²) in [5.74, 6) is -3.12.